The summed E-state index contributed by atoms with van der Waals surface area (Å²) >= 11 is -2.53. The summed E-state index contributed by atoms with van der Waals surface area (Å²) in [5.41, 5.74) is 10.2. The van der Waals surface area contributed by atoms with Crippen molar-refractivity contribution in [1.82, 2.24) is 0 Å². The van der Waals surface area contributed by atoms with Crippen LogP contribution < -0.4 is 24.8 Å². The van der Waals surface area contributed by atoms with Crippen molar-refractivity contribution in [2.45, 2.75) is 23.4 Å². The van der Waals surface area contributed by atoms with Crippen LogP contribution >= 0.6 is 0 Å². The molecule has 0 radical (unpaired) electrons. The Morgan fingerprint density at radius 1 is 0.667 bits per heavy atom. The van der Waals surface area contributed by atoms with Gasteiger partial charge in [-0.1, -0.05) is 0 Å². The van der Waals surface area contributed by atoms with Gasteiger partial charge in [0.05, 0.1) is 0 Å². The number of fused-ring (bicyclic) bond motifs is 3. The van der Waals surface area contributed by atoms with Gasteiger partial charge in [-0.3, -0.25) is 0 Å². The van der Waals surface area contributed by atoms with Crippen molar-refractivity contribution in [3.63, 3.8) is 0 Å². The summed E-state index contributed by atoms with van der Waals surface area (Å²) in [4.78, 5) is 0. The minimum atomic E-state index is -2.53. The van der Waals surface area contributed by atoms with Gasteiger partial charge in [-0.15, -0.1) is 0 Å². The number of halogens is 2. The largest absolute Gasteiger partial charge is 1.00 e. The van der Waals surface area contributed by atoms with Gasteiger partial charge < -0.3 is 24.8 Å². The quantitative estimate of drug-likeness (QED) is 0.337. The van der Waals surface area contributed by atoms with E-state index in [0.29, 0.717) is 3.63 Å². The summed E-state index contributed by atoms with van der Waals surface area (Å²) in [6.07, 6.45) is 7.28. The molecule has 3 heteroatoms. The van der Waals surface area contributed by atoms with Crippen molar-refractivity contribution in [3.8, 4) is 11.1 Å². The van der Waals surface area contributed by atoms with Gasteiger partial charge in [0.2, 0.25) is 0 Å². The first-order valence-corrected chi connectivity index (χ1v) is 16.2. The molecular weight excluding hydrogens is 558 g/mol. The molecule has 4 aromatic rings. The molecule has 0 aliphatic heterocycles. The molecule has 0 unspecified atom stereocenters. The van der Waals surface area contributed by atoms with Crippen molar-refractivity contribution < 1.29 is 46.1 Å². The van der Waals surface area contributed by atoms with Crippen LogP contribution in [-0.2, 0) is 21.3 Å². The maximum atomic E-state index is 2.57. The molecule has 0 spiro atoms. The molecule has 0 bridgehead atoms. The molecule has 0 saturated heterocycles. The normalized spacial score (nSPS) is 13.2. The molecule has 0 saturated carbocycles. The minimum absolute atomic E-state index is 0. The predicted molar refractivity (Wildman–Crippen MR) is 141 cm³/mol. The van der Waals surface area contributed by atoms with Gasteiger partial charge in [-0.2, -0.15) is 0 Å². The molecule has 0 nitrogen and oxygen atoms in total. The molecule has 0 amide bonds. The third-order valence-corrected chi connectivity index (χ3v) is 15.5. The summed E-state index contributed by atoms with van der Waals surface area (Å²) in [6.45, 7) is 2.29. The maximum absolute atomic E-state index is 2.57. The first-order chi connectivity index (χ1) is 16.8. The number of hydrogen-bond acceptors (Lipinski definition) is 0. The summed E-state index contributed by atoms with van der Waals surface area (Å²) in [6, 6.07) is 40.8. The van der Waals surface area contributed by atoms with Gasteiger partial charge in [-0.25, -0.2) is 0 Å². The van der Waals surface area contributed by atoms with E-state index in [2.05, 4.69) is 128 Å². The van der Waals surface area contributed by atoms with Crippen LogP contribution in [0.1, 0.15) is 45.6 Å². The molecule has 36 heavy (non-hydrogen) atoms. The van der Waals surface area contributed by atoms with E-state index in [1.165, 1.54) is 39.0 Å². The zero-order chi connectivity index (χ0) is 22.9. The Balaban J connectivity index is 0.00000152. The molecule has 0 atom stereocenters. The smallest absolute Gasteiger partial charge is 1.00 e. The summed E-state index contributed by atoms with van der Waals surface area (Å²) < 4.78 is 3.83. The van der Waals surface area contributed by atoms with Crippen molar-refractivity contribution in [2.75, 3.05) is 0 Å². The Bertz CT molecular complexity index is 1360. The molecule has 2 aliphatic carbocycles. The fourth-order valence-corrected chi connectivity index (χ4v) is 14.8. The van der Waals surface area contributed by atoms with Gasteiger partial charge in [0.1, 0.15) is 0 Å². The van der Waals surface area contributed by atoms with E-state index in [9.17, 15) is 0 Å². The maximum Gasteiger partial charge on any atom is -1.00 e. The number of rotatable bonds is 5. The zero-order valence-electron chi connectivity index (χ0n) is 20.3. The standard InChI is InChI=1S/C13H9.C13H10.C7H9.2ClH.Zr/c1-3-7-12-10(5-1)9-11-6-2-4-8-13(11)12;1-3-7-12(8-4-1)11-13-9-5-2-6-10-13;1-2-7-5-3-4-6-7;;;/h1-9H;1-10H;5-6H,2-3H2,1H3;2*1H;/q;;;;;+2/p-2. The van der Waals surface area contributed by atoms with Gasteiger partial charge >= 0.3 is 211 Å². The van der Waals surface area contributed by atoms with Crippen LogP contribution in [0.3, 0.4) is 0 Å². The van der Waals surface area contributed by atoms with Crippen molar-refractivity contribution in [1.29, 1.82) is 0 Å². The van der Waals surface area contributed by atoms with Crippen LogP contribution in [0.4, 0.5) is 0 Å². The predicted octanol–water partition coefficient (Wildman–Crippen LogP) is 2.28. The topological polar surface area (TPSA) is 0 Å². The molecule has 6 rings (SSSR count). The molecular formula is C33H28Cl2Zr. The van der Waals surface area contributed by atoms with E-state index in [1.807, 2.05) is 0 Å². The van der Waals surface area contributed by atoms with Gasteiger partial charge in [-0.05, 0) is 0 Å². The second-order valence-corrected chi connectivity index (χ2v) is 15.4. The van der Waals surface area contributed by atoms with E-state index in [0.717, 1.165) is 12.8 Å². The Labute approximate surface area is 234 Å². The Morgan fingerprint density at radius 3 is 1.61 bits per heavy atom. The van der Waals surface area contributed by atoms with Crippen molar-refractivity contribution in [3.05, 3.63) is 152 Å². The third kappa shape index (κ3) is 4.82. The first-order valence-electron chi connectivity index (χ1n) is 12.3. The van der Waals surface area contributed by atoms with E-state index in [-0.39, 0.29) is 24.8 Å². The van der Waals surface area contributed by atoms with Crippen LogP contribution in [0.2, 0.25) is 0 Å². The SMILES string of the molecule is CCC1=CC[C]([Zr+2](=[C](c2ccccc2)c2ccccc2)[CH]2c3ccccc3-c3ccccc32)=C1.[Cl-].[Cl-]. The van der Waals surface area contributed by atoms with E-state index >= 15 is 0 Å². The summed E-state index contributed by atoms with van der Waals surface area (Å²) in [5.74, 6) is 0. The molecule has 2 aliphatic rings. The van der Waals surface area contributed by atoms with E-state index in [4.69, 9.17) is 0 Å². The Hall–Kier alpha value is -2.31. The van der Waals surface area contributed by atoms with Crippen LogP contribution in [0, 0.1) is 0 Å². The molecule has 0 heterocycles. The second-order valence-electron chi connectivity index (χ2n) is 9.13. The average molecular weight is 587 g/mol. The zero-order valence-corrected chi connectivity index (χ0v) is 24.3. The van der Waals surface area contributed by atoms with Crippen molar-refractivity contribution in [2.24, 2.45) is 0 Å². The fourth-order valence-electron chi connectivity index (χ4n) is 5.66. The van der Waals surface area contributed by atoms with Crippen molar-refractivity contribution >= 4 is 3.21 Å². The van der Waals surface area contributed by atoms with Crippen LogP contribution in [0.5, 0.6) is 0 Å². The molecule has 178 valence electrons. The van der Waals surface area contributed by atoms with Gasteiger partial charge in [0, 0.05) is 0 Å². The molecule has 0 aromatic heterocycles. The van der Waals surface area contributed by atoms with Gasteiger partial charge in [0.25, 0.3) is 0 Å². The third-order valence-electron chi connectivity index (χ3n) is 7.21. The number of hydrogen-bond donors (Lipinski definition) is 0. The van der Waals surface area contributed by atoms with E-state index < -0.39 is 21.3 Å². The summed E-state index contributed by atoms with van der Waals surface area (Å²) in [5, 5.41) is 0. The number of benzene rings is 4. The second kappa shape index (κ2) is 11.8. The molecule has 0 N–H and O–H groups in total. The average Bonchev–Trinajstić information content (AvgIpc) is 3.51. The Morgan fingerprint density at radius 2 is 1.14 bits per heavy atom. The number of allylic oxidation sites excluding steroid dienone is 4. The fraction of sp³-hybridized carbons (Fsp3) is 0.121. The molecule has 4 aromatic carbocycles. The first kappa shape index (κ1) is 26.7. The van der Waals surface area contributed by atoms with Gasteiger partial charge in [0.15, 0.2) is 0 Å². The summed E-state index contributed by atoms with van der Waals surface area (Å²) in [7, 11) is 0. The van der Waals surface area contributed by atoms with Crippen LogP contribution in [0.15, 0.2) is 130 Å². The monoisotopic (exact) mass is 584 g/mol. The minimum Gasteiger partial charge on any atom is -1.00 e. The van der Waals surface area contributed by atoms with Crippen LogP contribution in [-0.4, -0.2) is 3.21 Å². The van der Waals surface area contributed by atoms with E-state index in [1.54, 1.807) is 6.49 Å². The Kier molecular flexibility index (Phi) is 8.79. The van der Waals surface area contributed by atoms with Crippen LogP contribution in [0.25, 0.3) is 11.1 Å². The molecule has 0 fully saturated rings.